The Morgan fingerprint density at radius 2 is 2.00 bits per heavy atom. The SMILES string of the molecule is C=CCc1cc(C=Nn2c(C(C)C)nc3ccc(Br)cc3c2=O)cc(OCC)c1O[C@H](C)C(=O)OC. The van der Waals surface area contributed by atoms with Gasteiger partial charge in [-0.25, -0.2) is 9.78 Å². The van der Waals surface area contributed by atoms with Crippen LogP contribution in [0.2, 0.25) is 0 Å². The quantitative estimate of drug-likeness (QED) is 0.193. The third-order valence-electron chi connectivity index (χ3n) is 5.32. The minimum absolute atomic E-state index is 0.0335. The van der Waals surface area contributed by atoms with Crippen molar-refractivity contribution in [3.05, 3.63) is 74.8 Å². The van der Waals surface area contributed by atoms with Gasteiger partial charge in [-0.3, -0.25) is 4.79 Å². The molecule has 3 aromatic rings. The van der Waals surface area contributed by atoms with Gasteiger partial charge in [0, 0.05) is 16.0 Å². The molecule has 0 aliphatic rings. The fourth-order valence-electron chi connectivity index (χ4n) is 3.63. The molecule has 0 bridgehead atoms. The number of aromatic nitrogens is 2. The molecule has 0 N–H and O–H groups in total. The van der Waals surface area contributed by atoms with E-state index in [0.717, 1.165) is 10.0 Å². The van der Waals surface area contributed by atoms with Crippen LogP contribution in [0.1, 0.15) is 50.6 Å². The molecule has 1 aromatic heterocycles. The highest BCUT2D eigenvalue weighted by Crippen LogP contribution is 2.34. The predicted octanol–water partition coefficient (Wildman–Crippen LogP) is 5.23. The Kier molecular flexibility index (Phi) is 9.03. The zero-order valence-corrected chi connectivity index (χ0v) is 22.7. The Labute approximate surface area is 218 Å². The van der Waals surface area contributed by atoms with Crippen LogP contribution in [0.15, 0.2) is 57.4 Å². The molecule has 0 aliphatic heterocycles. The lowest BCUT2D eigenvalue weighted by molar-refractivity contribution is -0.147. The van der Waals surface area contributed by atoms with Crippen molar-refractivity contribution in [1.82, 2.24) is 9.66 Å². The molecule has 2 aromatic carbocycles. The molecule has 0 unspecified atom stereocenters. The number of hydrogen-bond acceptors (Lipinski definition) is 7. The molecule has 36 heavy (non-hydrogen) atoms. The number of methoxy groups -OCH3 is 1. The summed E-state index contributed by atoms with van der Waals surface area (Å²) in [6.45, 7) is 11.6. The first kappa shape index (κ1) is 27.1. The molecule has 190 valence electrons. The minimum atomic E-state index is -0.826. The Balaban J connectivity index is 2.13. The second-order valence-corrected chi connectivity index (χ2v) is 9.28. The summed E-state index contributed by atoms with van der Waals surface area (Å²) in [5, 5.41) is 4.98. The highest BCUT2D eigenvalue weighted by Gasteiger charge is 2.21. The van der Waals surface area contributed by atoms with E-state index in [0.29, 0.717) is 46.8 Å². The van der Waals surface area contributed by atoms with Gasteiger partial charge in [0.05, 0.1) is 30.8 Å². The minimum Gasteiger partial charge on any atom is -0.490 e. The van der Waals surface area contributed by atoms with Gasteiger partial charge in [-0.15, -0.1) is 6.58 Å². The van der Waals surface area contributed by atoms with Gasteiger partial charge in [0.2, 0.25) is 0 Å². The van der Waals surface area contributed by atoms with E-state index in [1.807, 2.05) is 39.0 Å². The molecule has 0 fully saturated rings. The molecule has 0 radical (unpaired) electrons. The maximum absolute atomic E-state index is 13.3. The highest BCUT2D eigenvalue weighted by atomic mass is 79.9. The number of nitrogens with zero attached hydrogens (tertiary/aromatic N) is 3. The molecule has 0 amide bonds. The second-order valence-electron chi connectivity index (χ2n) is 8.36. The Hall–Kier alpha value is -3.46. The van der Waals surface area contributed by atoms with Gasteiger partial charge in [0.15, 0.2) is 17.6 Å². The molecule has 0 spiro atoms. The number of fused-ring (bicyclic) bond motifs is 1. The van der Waals surface area contributed by atoms with Gasteiger partial charge < -0.3 is 14.2 Å². The number of rotatable bonds is 10. The summed E-state index contributed by atoms with van der Waals surface area (Å²) in [7, 11) is 1.31. The Morgan fingerprint density at radius 3 is 2.64 bits per heavy atom. The van der Waals surface area contributed by atoms with Crippen molar-refractivity contribution in [3.8, 4) is 11.5 Å². The van der Waals surface area contributed by atoms with Crippen molar-refractivity contribution in [2.75, 3.05) is 13.7 Å². The lowest BCUT2D eigenvalue weighted by Gasteiger charge is -2.19. The van der Waals surface area contributed by atoms with Gasteiger partial charge in [-0.1, -0.05) is 35.9 Å². The number of carbonyl (C=O) groups is 1. The van der Waals surface area contributed by atoms with Crippen LogP contribution in [0.3, 0.4) is 0 Å². The Morgan fingerprint density at radius 1 is 1.25 bits per heavy atom. The van der Waals surface area contributed by atoms with Crippen molar-refractivity contribution >= 4 is 39.0 Å². The fraction of sp³-hybridized carbons (Fsp3) is 0.333. The smallest absolute Gasteiger partial charge is 0.346 e. The maximum Gasteiger partial charge on any atom is 0.346 e. The van der Waals surface area contributed by atoms with Crippen molar-refractivity contribution in [2.24, 2.45) is 5.10 Å². The summed E-state index contributed by atoms with van der Waals surface area (Å²) in [6, 6.07) is 9.02. The molecule has 3 rings (SSSR count). The van der Waals surface area contributed by atoms with Crippen LogP contribution in [-0.2, 0) is 16.0 Å². The molecular formula is C27H30BrN3O5. The number of benzene rings is 2. The summed E-state index contributed by atoms with van der Waals surface area (Å²) >= 11 is 3.42. The van der Waals surface area contributed by atoms with E-state index in [1.165, 1.54) is 11.8 Å². The highest BCUT2D eigenvalue weighted by molar-refractivity contribution is 9.10. The molecule has 0 saturated heterocycles. The van der Waals surface area contributed by atoms with E-state index in [9.17, 15) is 9.59 Å². The van der Waals surface area contributed by atoms with Crippen molar-refractivity contribution in [3.63, 3.8) is 0 Å². The average molecular weight is 556 g/mol. The van der Waals surface area contributed by atoms with E-state index < -0.39 is 12.1 Å². The molecule has 1 heterocycles. The van der Waals surface area contributed by atoms with Gasteiger partial charge in [0.25, 0.3) is 5.56 Å². The number of ether oxygens (including phenoxy) is 3. The van der Waals surface area contributed by atoms with E-state index >= 15 is 0 Å². The van der Waals surface area contributed by atoms with Crippen LogP contribution >= 0.6 is 15.9 Å². The zero-order chi connectivity index (χ0) is 26.4. The van der Waals surface area contributed by atoms with Crippen LogP contribution in [0.25, 0.3) is 10.9 Å². The zero-order valence-electron chi connectivity index (χ0n) is 21.1. The molecule has 0 aliphatic carbocycles. The second kappa shape index (κ2) is 12.0. The predicted molar refractivity (Wildman–Crippen MR) is 144 cm³/mol. The normalized spacial score (nSPS) is 12.2. The van der Waals surface area contributed by atoms with Crippen molar-refractivity contribution in [1.29, 1.82) is 0 Å². The standard InChI is InChI=1S/C27H30BrN3O5/c1-7-9-19-12-18(13-23(35-8-2)24(19)36-17(5)27(33)34-6)15-29-31-25(16(3)4)30-22-11-10-20(28)14-21(22)26(31)32/h7,10-17H,1,8-9H2,2-6H3/t17-/m1/s1. The van der Waals surface area contributed by atoms with Gasteiger partial charge in [0.1, 0.15) is 5.82 Å². The summed E-state index contributed by atoms with van der Waals surface area (Å²) in [4.78, 5) is 29.9. The average Bonchev–Trinajstić information content (AvgIpc) is 2.85. The first-order valence-corrected chi connectivity index (χ1v) is 12.4. The van der Waals surface area contributed by atoms with E-state index in [-0.39, 0.29) is 11.5 Å². The van der Waals surface area contributed by atoms with Gasteiger partial charge in [-0.05, 0) is 56.2 Å². The molecule has 0 saturated carbocycles. The third-order valence-corrected chi connectivity index (χ3v) is 5.81. The van der Waals surface area contributed by atoms with Crippen LogP contribution in [0.4, 0.5) is 0 Å². The largest absolute Gasteiger partial charge is 0.490 e. The van der Waals surface area contributed by atoms with E-state index in [1.54, 1.807) is 31.3 Å². The molecule has 8 nitrogen and oxygen atoms in total. The first-order valence-electron chi connectivity index (χ1n) is 11.6. The third kappa shape index (κ3) is 6.02. The van der Waals surface area contributed by atoms with Crippen molar-refractivity contribution in [2.45, 2.75) is 46.1 Å². The fourth-order valence-corrected chi connectivity index (χ4v) is 3.99. The lowest BCUT2D eigenvalue weighted by Crippen LogP contribution is -2.25. The summed E-state index contributed by atoms with van der Waals surface area (Å²) < 4.78 is 18.7. The summed E-state index contributed by atoms with van der Waals surface area (Å²) in [5.74, 6) is 0.904. The van der Waals surface area contributed by atoms with Crippen molar-refractivity contribution < 1.29 is 19.0 Å². The monoisotopic (exact) mass is 555 g/mol. The van der Waals surface area contributed by atoms with E-state index in [2.05, 4.69) is 32.6 Å². The molecular weight excluding hydrogens is 526 g/mol. The lowest BCUT2D eigenvalue weighted by atomic mass is 10.1. The summed E-state index contributed by atoms with van der Waals surface area (Å²) in [5.41, 5.74) is 1.80. The van der Waals surface area contributed by atoms with Crippen LogP contribution in [0, 0.1) is 0 Å². The number of carbonyl (C=O) groups excluding carboxylic acids is 1. The number of allylic oxidation sites excluding steroid dienone is 1. The number of hydrogen-bond donors (Lipinski definition) is 0. The summed E-state index contributed by atoms with van der Waals surface area (Å²) in [6.07, 6.45) is 2.95. The number of esters is 1. The van der Waals surface area contributed by atoms with Crippen LogP contribution in [0.5, 0.6) is 11.5 Å². The molecule has 1 atom stereocenters. The first-order chi connectivity index (χ1) is 17.2. The number of halogens is 1. The van der Waals surface area contributed by atoms with Gasteiger partial charge in [-0.2, -0.15) is 9.78 Å². The Bertz CT molecular complexity index is 1360. The molecule has 9 heteroatoms. The van der Waals surface area contributed by atoms with Crippen LogP contribution in [-0.4, -0.2) is 41.7 Å². The maximum atomic E-state index is 13.3. The van der Waals surface area contributed by atoms with E-state index in [4.69, 9.17) is 14.2 Å². The van der Waals surface area contributed by atoms with Gasteiger partial charge >= 0.3 is 5.97 Å². The topological polar surface area (TPSA) is 92.0 Å². The van der Waals surface area contributed by atoms with Crippen LogP contribution < -0.4 is 15.0 Å².